The number of halogens is 3. The lowest BCUT2D eigenvalue weighted by molar-refractivity contribution is 0.150. The summed E-state index contributed by atoms with van der Waals surface area (Å²) in [6.45, 7) is 0.167. The first-order valence-electron chi connectivity index (χ1n) is 3.31. The van der Waals surface area contributed by atoms with Crippen LogP contribution < -0.4 is 5.73 Å². The maximum atomic E-state index is 12.2. The largest absolute Gasteiger partial charge is 0.326 e. The number of nitrogens with two attached hydrogens (primary N) is 1. The lowest BCUT2D eigenvalue weighted by Gasteiger charge is -2.04. The van der Waals surface area contributed by atoms with E-state index in [-0.39, 0.29) is 24.5 Å². The maximum Gasteiger partial charge on any atom is 0.264 e. The standard InChI is InChI=1S/C8H9F2N.ClH/c9-8(10)7-4-2-1-3-6(7)5-11;/h1-4,8H,5,11H2;1H. The molecule has 0 bridgehead atoms. The van der Waals surface area contributed by atoms with Crippen molar-refractivity contribution in [3.63, 3.8) is 0 Å². The van der Waals surface area contributed by atoms with Gasteiger partial charge >= 0.3 is 0 Å². The van der Waals surface area contributed by atoms with E-state index in [1.807, 2.05) is 0 Å². The molecular weight excluding hydrogens is 184 g/mol. The Kier molecular flexibility index (Phi) is 4.78. The van der Waals surface area contributed by atoms with E-state index in [0.717, 1.165) is 0 Å². The average Bonchev–Trinajstić information content (AvgIpc) is 2.04. The average molecular weight is 194 g/mol. The summed E-state index contributed by atoms with van der Waals surface area (Å²) < 4.78 is 24.3. The normalized spacial score (nSPS) is 9.67. The van der Waals surface area contributed by atoms with Gasteiger partial charge in [0.2, 0.25) is 0 Å². The van der Waals surface area contributed by atoms with Crippen LogP contribution in [0.1, 0.15) is 17.6 Å². The third-order valence-corrected chi connectivity index (χ3v) is 1.51. The summed E-state index contributed by atoms with van der Waals surface area (Å²) in [4.78, 5) is 0. The van der Waals surface area contributed by atoms with Gasteiger partial charge in [-0.25, -0.2) is 8.78 Å². The fourth-order valence-electron chi connectivity index (χ4n) is 0.933. The Labute approximate surface area is 76.0 Å². The minimum absolute atomic E-state index is 0. The second-order valence-corrected chi connectivity index (χ2v) is 2.20. The molecule has 1 rings (SSSR count). The van der Waals surface area contributed by atoms with Gasteiger partial charge < -0.3 is 5.73 Å². The van der Waals surface area contributed by atoms with Gasteiger partial charge in [0.1, 0.15) is 0 Å². The van der Waals surface area contributed by atoms with Crippen molar-refractivity contribution in [3.8, 4) is 0 Å². The van der Waals surface area contributed by atoms with Crippen LogP contribution in [0.25, 0.3) is 0 Å². The number of rotatable bonds is 2. The quantitative estimate of drug-likeness (QED) is 0.768. The molecule has 0 saturated heterocycles. The van der Waals surface area contributed by atoms with Crippen LogP contribution >= 0.6 is 12.4 Å². The Morgan fingerprint density at radius 1 is 1.25 bits per heavy atom. The fraction of sp³-hybridized carbons (Fsp3) is 0.250. The van der Waals surface area contributed by atoms with Gasteiger partial charge in [0, 0.05) is 12.1 Å². The third-order valence-electron chi connectivity index (χ3n) is 1.51. The molecule has 68 valence electrons. The van der Waals surface area contributed by atoms with Crippen LogP contribution in [0, 0.1) is 0 Å². The lowest BCUT2D eigenvalue weighted by Crippen LogP contribution is -2.01. The molecule has 0 aliphatic rings. The minimum Gasteiger partial charge on any atom is -0.326 e. The van der Waals surface area contributed by atoms with Crippen LogP contribution in [-0.4, -0.2) is 0 Å². The molecule has 0 radical (unpaired) electrons. The van der Waals surface area contributed by atoms with Gasteiger partial charge in [-0.05, 0) is 5.56 Å². The molecule has 2 N–H and O–H groups in total. The molecule has 1 aromatic carbocycles. The van der Waals surface area contributed by atoms with Crippen LogP contribution in [0.3, 0.4) is 0 Å². The van der Waals surface area contributed by atoms with Crippen molar-refractivity contribution < 1.29 is 8.78 Å². The molecule has 4 heteroatoms. The van der Waals surface area contributed by atoms with E-state index >= 15 is 0 Å². The first-order valence-corrected chi connectivity index (χ1v) is 3.31. The van der Waals surface area contributed by atoms with Crippen molar-refractivity contribution in [1.82, 2.24) is 0 Å². The zero-order chi connectivity index (χ0) is 8.27. The van der Waals surface area contributed by atoms with E-state index in [1.165, 1.54) is 6.07 Å². The number of alkyl halides is 2. The highest BCUT2D eigenvalue weighted by atomic mass is 35.5. The van der Waals surface area contributed by atoms with Gasteiger partial charge in [-0.2, -0.15) is 0 Å². The zero-order valence-electron chi connectivity index (χ0n) is 6.34. The summed E-state index contributed by atoms with van der Waals surface area (Å²) in [5, 5.41) is 0. The molecule has 0 fully saturated rings. The van der Waals surface area contributed by atoms with Gasteiger partial charge in [-0.3, -0.25) is 0 Å². The summed E-state index contributed by atoms with van der Waals surface area (Å²) in [7, 11) is 0. The van der Waals surface area contributed by atoms with Crippen molar-refractivity contribution >= 4 is 12.4 Å². The van der Waals surface area contributed by atoms with Crippen LogP contribution in [0.15, 0.2) is 24.3 Å². The van der Waals surface area contributed by atoms with E-state index < -0.39 is 6.43 Å². The highest BCUT2D eigenvalue weighted by molar-refractivity contribution is 5.85. The molecule has 0 unspecified atom stereocenters. The third kappa shape index (κ3) is 2.43. The van der Waals surface area contributed by atoms with E-state index in [4.69, 9.17) is 5.73 Å². The van der Waals surface area contributed by atoms with Gasteiger partial charge in [0.15, 0.2) is 0 Å². The Balaban J connectivity index is 0.00000121. The highest BCUT2D eigenvalue weighted by Gasteiger charge is 2.09. The Morgan fingerprint density at radius 2 is 1.83 bits per heavy atom. The van der Waals surface area contributed by atoms with Crippen LogP contribution in [0.4, 0.5) is 8.78 Å². The predicted molar refractivity (Wildman–Crippen MR) is 46.5 cm³/mol. The molecule has 0 atom stereocenters. The second kappa shape index (κ2) is 5.06. The number of hydrogen-bond donors (Lipinski definition) is 1. The predicted octanol–water partition coefficient (Wildman–Crippen LogP) is 2.50. The Hall–Kier alpha value is -0.670. The molecule has 1 aromatic rings. The molecule has 0 saturated carbocycles. The molecule has 0 aliphatic heterocycles. The molecule has 1 nitrogen and oxygen atoms in total. The first-order chi connectivity index (χ1) is 5.25. The zero-order valence-corrected chi connectivity index (χ0v) is 7.15. The molecule has 12 heavy (non-hydrogen) atoms. The Morgan fingerprint density at radius 3 is 2.25 bits per heavy atom. The molecule has 0 aromatic heterocycles. The maximum absolute atomic E-state index is 12.2. The van der Waals surface area contributed by atoms with Gasteiger partial charge in [-0.1, -0.05) is 24.3 Å². The number of hydrogen-bond acceptors (Lipinski definition) is 1. The van der Waals surface area contributed by atoms with Gasteiger partial charge in [0.25, 0.3) is 6.43 Å². The van der Waals surface area contributed by atoms with E-state index in [1.54, 1.807) is 18.2 Å². The van der Waals surface area contributed by atoms with E-state index in [9.17, 15) is 8.78 Å². The summed E-state index contributed by atoms with van der Waals surface area (Å²) in [5.74, 6) is 0. The van der Waals surface area contributed by atoms with Gasteiger partial charge in [-0.15, -0.1) is 12.4 Å². The molecular formula is C8H10ClF2N. The molecule has 0 spiro atoms. The SMILES string of the molecule is Cl.NCc1ccccc1C(F)F. The van der Waals surface area contributed by atoms with Gasteiger partial charge in [0.05, 0.1) is 0 Å². The first kappa shape index (κ1) is 11.3. The van der Waals surface area contributed by atoms with Crippen LogP contribution in [-0.2, 0) is 6.54 Å². The summed E-state index contributed by atoms with van der Waals surface area (Å²) >= 11 is 0. The topological polar surface area (TPSA) is 26.0 Å². The van der Waals surface area contributed by atoms with Crippen molar-refractivity contribution in [2.45, 2.75) is 13.0 Å². The van der Waals surface area contributed by atoms with Crippen molar-refractivity contribution in [2.75, 3.05) is 0 Å². The van der Waals surface area contributed by atoms with Crippen LogP contribution in [0.5, 0.6) is 0 Å². The van der Waals surface area contributed by atoms with E-state index in [2.05, 4.69) is 0 Å². The monoisotopic (exact) mass is 193 g/mol. The molecule has 0 heterocycles. The molecule has 0 aliphatic carbocycles. The molecule has 0 amide bonds. The Bertz CT molecular complexity index is 240. The van der Waals surface area contributed by atoms with Crippen molar-refractivity contribution in [3.05, 3.63) is 35.4 Å². The second-order valence-electron chi connectivity index (χ2n) is 2.20. The van der Waals surface area contributed by atoms with Crippen LogP contribution in [0.2, 0.25) is 0 Å². The summed E-state index contributed by atoms with van der Waals surface area (Å²) in [6, 6.07) is 6.29. The van der Waals surface area contributed by atoms with E-state index in [0.29, 0.717) is 5.56 Å². The lowest BCUT2D eigenvalue weighted by atomic mass is 10.1. The highest BCUT2D eigenvalue weighted by Crippen LogP contribution is 2.21. The van der Waals surface area contributed by atoms with Crippen molar-refractivity contribution in [2.24, 2.45) is 5.73 Å². The smallest absolute Gasteiger partial charge is 0.264 e. The fourth-order valence-corrected chi connectivity index (χ4v) is 0.933. The number of benzene rings is 1. The van der Waals surface area contributed by atoms with Crippen molar-refractivity contribution in [1.29, 1.82) is 0 Å². The minimum atomic E-state index is -2.42. The summed E-state index contributed by atoms with van der Waals surface area (Å²) in [6.07, 6.45) is -2.42. The summed E-state index contributed by atoms with van der Waals surface area (Å²) in [5.41, 5.74) is 5.81.